The molecule has 5 aliphatic rings. The summed E-state index contributed by atoms with van der Waals surface area (Å²) in [4.78, 5) is 22.2. The van der Waals surface area contributed by atoms with Crippen LogP contribution >= 0.6 is 0 Å². The summed E-state index contributed by atoms with van der Waals surface area (Å²) in [5.74, 6) is 1.64. The third-order valence-electron chi connectivity index (χ3n) is 6.95. The molecule has 10 nitrogen and oxygen atoms in total. The number of hydrogen-bond donors (Lipinski definition) is 2. The highest BCUT2D eigenvalue weighted by molar-refractivity contribution is 5.83. The van der Waals surface area contributed by atoms with Crippen LogP contribution in [0.3, 0.4) is 0 Å². The van der Waals surface area contributed by atoms with Crippen LogP contribution in [0.4, 0.5) is 4.79 Å². The second kappa shape index (κ2) is 8.38. The maximum absolute atomic E-state index is 12.3. The molecule has 5 aliphatic heterocycles. The number of amidine groups is 1. The summed E-state index contributed by atoms with van der Waals surface area (Å²) in [5, 5.41) is 10.6. The van der Waals surface area contributed by atoms with Crippen LogP contribution in [0.15, 0.2) is 5.16 Å². The highest BCUT2D eigenvalue weighted by atomic mass is 16.6. The number of piperidine rings is 1. The second-order valence-electron chi connectivity index (χ2n) is 10.3. The fraction of sp³-hybridized carbons (Fsp3) is 0.905. The van der Waals surface area contributed by atoms with Gasteiger partial charge in [-0.25, -0.2) is 9.80 Å². The molecule has 4 saturated heterocycles. The van der Waals surface area contributed by atoms with Gasteiger partial charge in [-0.2, -0.15) is 0 Å². The number of oxime groups is 1. The number of ether oxygens (including phenoxy) is 2. The summed E-state index contributed by atoms with van der Waals surface area (Å²) in [6, 6.07) is 0.771. The van der Waals surface area contributed by atoms with Gasteiger partial charge in [-0.05, 0) is 33.6 Å². The van der Waals surface area contributed by atoms with Crippen molar-refractivity contribution in [2.75, 3.05) is 45.9 Å². The lowest BCUT2D eigenvalue weighted by atomic mass is 9.89. The van der Waals surface area contributed by atoms with Gasteiger partial charge in [-0.3, -0.25) is 10.7 Å². The predicted octanol–water partition coefficient (Wildman–Crippen LogP) is 0.555. The molecule has 4 unspecified atom stereocenters. The molecule has 5 heterocycles. The summed E-state index contributed by atoms with van der Waals surface area (Å²) in [7, 11) is 0. The summed E-state index contributed by atoms with van der Waals surface area (Å²) in [5.41, 5.74) is 3.10. The Morgan fingerprint density at radius 2 is 1.94 bits per heavy atom. The van der Waals surface area contributed by atoms with Crippen LogP contribution in [0.2, 0.25) is 0 Å². The molecule has 0 bridgehead atoms. The zero-order valence-corrected chi connectivity index (χ0v) is 18.9. The molecule has 0 aromatic rings. The SMILES string of the molecule is CC(C)(C)OC(=O)N1CCN(C2=NOC(C3CCC4CNN(C5COC5)C4N3)C2)CC1. The van der Waals surface area contributed by atoms with Crippen LogP contribution in [0.1, 0.15) is 40.0 Å². The number of hydrogen-bond acceptors (Lipinski definition) is 9. The normalized spacial score (nSPS) is 34.7. The summed E-state index contributed by atoms with van der Waals surface area (Å²) < 4.78 is 10.9. The molecule has 0 aromatic heterocycles. The summed E-state index contributed by atoms with van der Waals surface area (Å²) in [6.45, 7) is 11.2. The van der Waals surface area contributed by atoms with Crippen molar-refractivity contribution in [3.8, 4) is 0 Å². The van der Waals surface area contributed by atoms with Crippen LogP contribution in [-0.4, -0.2) is 103 Å². The molecule has 10 heteroatoms. The van der Waals surface area contributed by atoms with Crippen LogP contribution in [-0.2, 0) is 14.3 Å². The number of nitrogens with zero attached hydrogens (tertiary/aromatic N) is 4. The molecule has 31 heavy (non-hydrogen) atoms. The van der Waals surface area contributed by atoms with Crippen molar-refractivity contribution in [2.24, 2.45) is 11.1 Å². The van der Waals surface area contributed by atoms with Gasteiger partial charge in [0.25, 0.3) is 0 Å². The Kier molecular flexibility index (Phi) is 5.74. The van der Waals surface area contributed by atoms with Gasteiger partial charge in [-0.15, -0.1) is 0 Å². The minimum absolute atomic E-state index is 0.0694. The first-order valence-corrected chi connectivity index (χ1v) is 11.7. The van der Waals surface area contributed by atoms with Crippen LogP contribution in [0.5, 0.6) is 0 Å². The molecule has 4 fully saturated rings. The maximum Gasteiger partial charge on any atom is 0.410 e. The Balaban J connectivity index is 1.10. The van der Waals surface area contributed by atoms with Crippen molar-refractivity contribution < 1.29 is 19.1 Å². The van der Waals surface area contributed by atoms with E-state index in [9.17, 15) is 4.79 Å². The van der Waals surface area contributed by atoms with Gasteiger partial charge < -0.3 is 24.1 Å². The third kappa shape index (κ3) is 4.48. The Morgan fingerprint density at radius 1 is 1.16 bits per heavy atom. The summed E-state index contributed by atoms with van der Waals surface area (Å²) in [6.07, 6.45) is 3.31. The average Bonchev–Trinajstić information content (AvgIpc) is 3.33. The van der Waals surface area contributed by atoms with E-state index in [0.717, 1.165) is 51.5 Å². The molecule has 1 amide bonds. The minimum Gasteiger partial charge on any atom is -0.444 e. The van der Waals surface area contributed by atoms with E-state index in [0.29, 0.717) is 37.3 Å². The number of fused-ring (bicyclic) bond motifs is 1. The van der Waals surface area contributed by atoms with Crippen molar-refractivity contribution in [3.05, 3.63) is 0 Å². The summed E-state index contributed by atoms with van der Waals surface area (Å²) >= 11 is 0. The first-order chi connectivity index (χ1) is 14.9. The van der Waals surface area contributed by atoms with E-state index < -0.39 is 5.60 Å². The largest absolute Gasteiger partial charge is 0.444 e. The second-order valence-corrected chi connectivity index (χ2v) is 10.3. The number of carbonyl (C=O) groups excluding carboxylic acids is 1. The van der Waals surface area contributed by atoms with Crippen molar-refractivity contribution in [2.45, 2.75) is 70.0 Å². The highest BCUT2D eigenvalue weighted by Crippen LogP contribution is 2.32. The van der Waals surface area contributed by atoms with E-state index in [1.54, 1.807) is 4.90 Å². The molecule has 0 saturated carbocycles. The molecule has 5 rings (SSSR count). The molecule has 4 atom stereocenters. The number of carbonyl (C=O) groups is 1. The first-order valence-electron chi connectivity index (χ1n) is 11.7. The number of hydrazine groups is 1. The fourth-order valence-electron chi connectivity index (χ4n) is 5.12. The number of rotatable bonds is 2. The van der Waals surface area contributed by atoms with Gasteiger partial charge in [0.2, 0.25) is 0 Å². The Morgan fingerprint density at radius 3 is 2.61 bits per heavy atom. The van der Waals surface area contributed by atoms with Crippen molar-refractivity contribution in [1.29, 1.82) is 0 Å². The predicted molar refractivity (Wildman–Crippen MR) is 114 cm³/mol. The molecule has 2 N–H and O–H groups in total. The smallest absolute Gasteiger partial charge is 0.410 e. The van der Waals surface area contributed by atoms with Crippen LogP contribution in [0, 0.1) is 5.92 Å². The number of amides is 1. The fourth-order valence-corrected chi connectivity index (χ4v) is 5.12. The minimum atomic E-state index is -0.465. The van der Waals surface area contributed by atoms with Gasteiger partial charge in [0.15, 0.2) is 0 Å². The van der Waals surface area contributed by atoms with E-state index >= 15 is 0 Å². The molecule has 0 aliphatic carbocycles. The molecule has 0 spiro atoms. The van der Waals surface area contributed by atoms with Gasteiger partial charge >= 0.3 is 6.09 Å². The van der Waals surface area contributed by atoms with E-state index in [2.05, 4.69) is 25.8 Å². The average molecular weight is 437 g/mol. The van der Waals surface area contributed by atoms with Crippen molar-refractivity contribution >= 4 is 11.9 Å². The zero-order chi connectivity index (χ0) is 21.6. The quantitative estimate of drug-likeness (QED) is 0.649. The van der Waals surface area contributed by atoms with Gasteiger partial charge in [0.05, 0.1) is 31.8 Å². The Hall–Kier alpha value is -1.62. The van der Waals surface area contributed by atoms with Crippen LogP contribution in [0.25, 0.3) is 0 Å². The molecular formula is C21H36N6O4. The first kappa shape index (κ1) is 21.2. The maximum atomic E-state index is 12.3. The lowest BCUT2D eigenvalue weighted by Gasteiger charge is -2.43. The van der Waals surface area contributed by atoms with Gasteiger partial charge in [-0.1, -0.05) is 5.16 Å². The van der Waals surface area contributed by atoms with Crippen molar-refractivity contribution in [3.63, 3.8) is 0 Å². The van der Waals surface area contributed by atoms with Crippen LogP contribution < -0.4 is 10.7 Å². The van der Waals surface area contributed by atoms with Gasteiger partial charge in [0.1, 0.15) is 17.5 Å². The Bertz CT molecular complexity index is 700. The highest BCUT2D eigenvalue weighted by Gasteiger charge is 2.46. The van der Waals surface area contributed by atoms with E-state index in [-0.39, 0.29) is 12.2 Å². The van der Waals surface area contributed by atoms with Crippen molar-refractivity contribution in [1.82, 2.24) is 25.6 Å². The topological polar surface area (TPSA) is 90.9 Å². The van der Waals surface area contributed by atoms with Gasteiger partial charge in [0, 0.05) is 44.7 Å². The molecular weight excluding hydrogens is 400 g/mol. The molecule has 0 aromatic carbocycles. The third-order valence-corrected chi connectivity index (χ3v) is 6.95. The lowest BCUT2D eigenvalue weighted by Crippen LogP contribution is -2.63. The standard InChI is InChI=1S/C21H36N6O4/c1-21(2,3)30-20(28)26-8-6-25(7-9-26)18-10-17(31-24-18)16-5-4-14-11-22-27(19(14)23-16)15-12-29-13-15/h14-17,19,22-23H,4-13H2,1-3H3. The lowest BCUT2D eigenvalue weighted by molar-refractivity contribution is -0.101. The zero-order valence-electron chi connectivity index (χ0n) is 18.9. The number of nitrogens with one attached hydrogen (secondary N) is 2. The molecule has 174 valence electrons. The molecule has 0 radical (unpaired) electrons. The van der Waals surface area contributed by atoms with E-state index in [4.69, 9.17) is 14.3 Å². The van der Waals surface area contributed by atoms with E-state index in [1.807, 2.05) is 20.8 Å². The monoisotopic (exact) mass is 436 g/mol. The van der Waals surface area contributed by atoms with E-state index in [1.165, 1.54) is 6.42 Å². The Labute approximate surface area is 184 Å². The number of piperazine rings is 1.